The molecule has 1 aromatic rings. The highest BCUT2D eigenvalue weighted by molar-refractivity contribution is 6.04. The minimum atomic E-state index is -1.83. The van der Waals surface area contributed by atoms with Crippen LogP contribution in [0.25, 0.3) is 0 Å². The summed E-state index contributed by atoms with van der Waals surface area (Å²) < 4.78 is 28.0. The number of aryl methyl sites for hydroxylation is 1. The van der Waals surface area contributed by atoms with Crippen LogP contribution in [0.2, 0.25) is 0 Å². The summed E-state index contributed by atoms with van der Waals surface area (Å²) in [5.41, 5.74) is 0.223. The molecule has 0 radical (unpaired) electrons. The average Bonchev–Trinajstić information content (AvgIpc) is 2.90. The van der Waals surface area contributed by atoms with Gasteiger partial charge in [-0.05, 0) is 44.9 Å². The summed E-state index contributed by atoms with van der Waals surface area (Å²) in [4.78, 5) is 36.4. The fraction of sp³-hybridized carbons (Fsp3) is 0.710. The van der Waals surface area contributed by atoms with Crippen molar-refractivity contribution in [2.45, 2.75) is 83.1 Å². The zero-order valence-electron chi connectivity index (χ0n) is 25.2. The maximum Gasteiger partial charge on any atom is 0.410 e. The zero-order chi connectivity index (χ0) is 29.4. The molecule has 0 atom stereocenters. The molecule has 5 rings (SSSR count). The third-order valence-corrected chi connectivity index (χ3v) is 8.90. The van der Waals surface area contributed by atoms with Crippen molar-refractivity contribution in [1.82, 2.24) is 14.7 Å². The molecule has 4 heterocycles. The van der Waals surface area contributed by atoms with Crippen molar-refractivity contribution in [3.63, 3.8) is 0 Å². The summed E-state index contributed by atoms with van der Waals surface area (Å²) in [7, 11) is 1.55. The molecule has 41 heavy (non-hydrogen) atoms. The van der Waals surface area contributed by atoms with Crippen LogP contribution in [-0.4, -0.2) is 102 Å². The van der Waals surface area contributed by atoms with Crippen LogP contribution in [0.4, 0.5) is 9.18 Å². The number of carbonyl (C=O) groups is 2. The van der Waals surface area contributed by atoms with E-state index in [9.17, 15) is 9.59 Å². The van der Waals surface area contributed by atoms with E-state index < -0.39 is 16.9 Å². The van der Waals surface area contributed by atoms with Gasteiger partial charge in [0.2, 0.25) is 0 Å². The van der Waals surface area contributed by atoms with Crippen molar-refractivity contribution < 1.29 is 28.3 Å². The Labute approximate surface area is 242 Å². The highest BCUT2D eigenvalue weighted by atomic mass is 19.1. The van der Waals surface area contributed by atoms with E-state index in [1.165, 1.54) is 5.56 Å². The van der Waals surface area contributed by atoms with Crippen LogP contribution in [0.5, 0.6) is 5.75 Å². The SMILES string of the molecule is CCc1ccc2c(c1)C(=NOC)CC1(CCN(C(=O)C3(F)CCN(CC4CN(C(=O)OC(C)(C)C)C4)CC3)CC1)O2. The van der Waals surface area contributed by atoms with Gasteiger partial charge in [0, 0.05) is 89.4 Å². The first kappa shape index (κ1) is 29.6. The Morgan fingerprint density at radius 1 is 1.07 bits per heavy atom. The molecule has 4 aliphatic rings. The van der Waals surface area contributed by atoms with Crippen molar-refractivity contribution >= 4 is 17.7 Å². The molecular formula is C31H45FN4O5. The summed E-state index contributed by atoms with van der Waals surface area (Å²) >= 11 is 0. The predicted octanol–water partition coefficient (Wildman–Crippen LogP) is 4.41. The molecule has 0 aromatic heterocycles. The van der Waals surface area contributed by atoms with E-state index in [0.717, 1.165) is 30.0 Å². The number of amides is 2. The molecule has 3 saturated heterocycles. The van der Waals surface area contributed by atoms with Crippen LogP contribution in [-0.2, 0) is 20.8 Å². The van der Waals surface area contributed by atoms with Crippen molar-refractivity contribution in [3.05, 3.63) is 29.3 Å². The second-order valence-electron chi connectivity index (χ2n) is 13.2. The topological polar surface area (TPSA) is 83.9 Å². The number of nitrogens with zero attached hydrogens (tertiary/aromatic N) is 4. The van der Waals surface area contributed by atoms with Gasteiger partial charge in [-0.2, -0.15) is 0 Å². The Bertz CT molecular complexity index is 1160. The molecule has 0 aliphatic carbocycles. The molecule has 1 aromatic carbocycles. The van der Waals surface area contributed by atoms with Crippen LogP contribution >= 0.6 is 0 Å². The lowest BCUT2D eigenvalue weighted by molar-refractivity contribution is -0.151. The van der Waals surface area contributed by atoms with E-state index in [4.69, 9.17) is 14.3 Å². The van der Waals surface area contributed by atoms with Crippen molar-refractivity contribution in [3.8, 4) is 5.75 Å². The number of carbonyl (C=O) groups excluding carboxylic acids is 2. The Morgan fingerprint density at radius 3 is 2.37 bits per heavy atom. The summed E-state index contributed by atoms with van der Waals surface area (Å²) in [6, 6.07) is 6.18. The number of halogens is 1. The van der Waals surface area contributed by atoms with Gasteiger partial charge in [-0.3, -0.25) is 4.79 Å². The molecule has 2 amide bonds. The predicted molar refractivity (Wildman–Crippen MR) is 154 cm³/mol. The van der Waals surface area contributed by atoms with Crippen molar-refractivity contribution in [2.75, 3.05) is 52.9 Å². The summed E-state index contributed by atoms with van der Waals surface area (Å²) in [6.45, 7) is 11.8. The van der Waals surface area contributed by atoms with E-state index in [1.54, 1.807) is 16.9 Å². The number of alkyl halides is 1. The van der Waals surface area contributed by atoms with Gasteiger partial charge in [0.05, 0.1) is 5.71 Å². The lowest BCUT2D eigenvalue weighted by atomic mass is 9.81. The molecule has 10 heteroatoms. The standard InChI is InChI=1S/C31H45FN4O5/c1-6-22-7-8-26-24(17-22)25(33-39-5)18-30(40-26)9-15-35(16-10-30)27(37)31(32)11-13-34(14-12-31)19-23-20-36(21-23)28(38)41-29(2,3)4/h7-8,17,23H,6,9-16,18-21H2,1-5H3. The Morgan fingerprint density at radius 2 is 1.76 bits per heavy atom. The first-order valence-electron chi connectivity index (χ1n) is 15.0. The molecule has 0 bridgehead atoms. The fourth-order valence-corrected chi connectivity index (χ4v) is 6.48. The summed E-state index contributed by atoms with van der Waals surface area (Å²) in [6.07, 6.45) is 2.88. The van der Waals surface area contributed by atoms with Crippen LogP contribution in [0.1, 0.15) is 70.9 Å². The molecule has 1 spiro atoms. The largest absolute Gasteiger partial charge is 0.486 e. The quantitative estimate of drug-likeness (QED) is 0.486. The third-order valence-electron chi connectivity index (χ3n) is 8.90. The average molecular weight is 573 g/mol. The third kappa shape index (κ3) is 6.47. The number of likely N-dealkylation sites (tertiary alicyclic amines) is 3. The minimum absolute atomic E-state index is 0.199. The number of fused-ring (bicyclic) bond motifs is 1. The van der Waals surface area contributed by atoms with Crippen LogP contribution in [0, 0.1) is 5.92 Å². The second kappa shape index (κ2) is 11.4. The first-order chi connectivity index (χ1) is 19.4. The van der Waals surface area contributed by atoms with Gasteiger partial charge in [0.1, 0.15) is 24.1 Å². The van der Waals surface area contributed by atoms with Gasteiger partial charge in [0.25, 0.3) is 5.91 Å². The Balaban J connectivity index is 1.11. The molecular weight excluding hydrogens is 527 g/mol. The van der Waals surface area contributed by atoms with Gasteiger partial charge in [-0.1, -0.05) is 18.1 Å². The van der Waals surface area contributed by atoms with Gasteiger partial charge in [0.15, 0.2) is 5.67 Å². The first-order valence-corrected chi connectivity index (χ1v) is 15.0. The minimum Gasteiger partial charge on any atom is -0.486 e. The number of hydrogen-bond donors (Lipinski definition) is 0. The molecule has 226 valence electrons. The van der Waals surface area contributed by atoms with Gasteiger partial charge < -0.3 is 29.0 Å². The number of rotatable bonds is 5. The van der Waals surface area contributed by atoms with Gasteiger partial charge >= 0.3 is 6.09 Å². The zero-order valence-corrected chi connectivity index (χ0v) is 25.2. The van der Waals surface area contributed by atoms with E-state index >= 15 is 4.39 Å². The fourth-order valence-electron chi connectivity index (χ4n) is 6.48. The second-order valence-corrected chi connectivity index (χ2v) is 13.2. The Kier molecular flexibility index (Phi) is 8.25. The van der Waals surface area contributed by atoms with E-state index in [0.29, 0.717) is 64.4 Å². The summed E-state index contributed by atoms with van der Waals surface area (Å²) in [5.74, 6) is 0.754. The van der Waals surface area contributed by atoms with Crippen LogP contribution in [0.15, 0.2) is 23.4 Å². The lowest BCUT2D eigenvalue weighted by Crippen LogP contribution is -2.59. The highest BCUT2D eigenvalue weighted by Gasteiger charge is 2.49. The van der Waals surface area contributed by atoms with Gasteiger partial charge in [-0.25, -0.2) is 9.18 Å². The van der Waals surface area contributed by atoms with Crippen molar-refractivity contribution in [1.29, 1.82) is 0 Å². The molecule has 0 N–H and O–H groups in total. The van der Waals surface area contributed by atoms with E-state index in [-0.39, 0.29) is 24.8 Å². The number of piperidine rings is 2. The molecule has 4 aliphatic heterocycles. The highest BCUT2D eigenvalue weighted by Crippen LogP contribution is 2.41. The van der Waals surface area contributed by atoms with Crippen molar-refractivity contribution in [2.24, 2.45) is 11.1 Å². The molecule has 0 saturated carbocycles. The Hall–Kier alpha value is -2.88. The monoisotopic (exact) mass is 572 g/mol. The van der Waals surface area contributed by atoms with E-state index in [1.807, 2.05) is 26.8 Å². The normalized spacial score (nSPS) is 23.5. The number of oxime groups is 1. The number of benzene rings is 1. The lowest BCUT2D eigenvalue weighted by Gasteiger charge is -2.47. The molecule has 9 nitrogen and oxygen atoms in total. The van der Waals surface area contributed by atoms with Crippen LogP contribution in [0.3, 0.4) is 0 Å². The molecule has 3 fully saturated rings. The van der Waals surface area contributed by atoms with E-state index in [2.05, 4.69) is 29.1 Å². The smallest absolute Gasteiger partial charge is 0.410 e. The maximum atomic E-state index is 16.0. The maximum absolute atomic E-state index is 16.0. The van der Waals surface area contributed by atoms with Gasteiger partial charge in [-0.15, -0.1) is 0 Å². The summed E-state index contributed by atoms with van der Waals surface area (Å²) in [5, 5.41) is 4.32. The number of hydrogen-bond acceptors (Lipinski definition) is 7. The molecule has 0 unspecified atom stereocenters. The number of ether oxygens (including phenoxy) is 2. The van der Waals surface area contributed by atoms with Crippen LogP contribution < -0.4 is 4.74 Å².